The van der Waals surface area contributed by atoms with E-state index in [1.165, 1.54) is 31.4 Å². The predicted molar refractivity (Wildman–Crippen MR) is 84.2 cm³/mol. The summed E-state index contributed by atoms with van der Waals surface area (Å²) < 4.78 is 0. The molecule has 3 atom stereocenters. The van der Waals surface area contributed by atoms with Crippen LogP contribution in [0.3, 0.4) is 0 Å². The lowest BCUT2D eigenvalue weighted by atomic mass is 9.87. The molecule has 112 valence electrons. The first-order chi connectivity index (χ1) is 10.3. The Morgan fingerprint density at radius 2 is 1.71 bits per heavy atom. The number of anilines is 1. The first kappa shape index (κ1) is 13.2. The van der Waals surface area contributed by atoms with Gasteiger partial charge in [-0.3, -0.25) is 4.79 Å². The lowest BCUT2D eigenvalue weighted by molar-refractivity contribution is -0.137. The maximum atomic E-state index is 12.7. The highest BCUT2D eigenvalue weighted by molar-refractivity contribution is 5.80. The van der Waals surface area contributed by atoms with E-state index < -0.39 is 0 Å². The SMILES string of the molecule is O=C(C1CC2CCC1C2)N1CCN(c2ccccc2)CC1. The highest BCUT2D eigenvalue weighted by atomic mass is 16.2. The summed E-state index contributed by atoms with van der Waals surface area (Å²) in [7, 11) is 0. The third-order valence-corrected chi connectivity index (χ3v) is 5.77. The summed E-state index contributed by atoms with van der Waals surface area (Å²) in [5.74, 6) is 2.37. The Balaban J connectivity index is 1.36. The maximum absolute atomic E-state index is 12.7. The fraction of sp³-hybridized carbons (Fsp3) is 0.611. The molecule has 1 aliphatic heterocycles. The molecule has 3 nitrogen and oxygen atoms in total. The number of carbonyl (C=O) groups excluding carboxylic acids is 1. The zero-order chi connectivity index (χ0) is 14.2. The normalized spacial score (nSPS) is 31.7. The van der Waals surface area contributed by atoms with Crippen LogP contribution >= 0.6 is 0 Å². The molecule has 1 aromatic carbocycles. The summed E-state index contributed by atoms with van der Waals surface area (Å²) in [6.45, 7) is 3.72. The Kier molecular flexibility index (Phi) is 3.36. The van der Waals surface area contributed by atoms with E-state index in [0.717, 1.165) is 32.1 Å². The summed E-state index contributed by atoms with van der Waals surface area (Å²) in [4.78, 5) is 17.3. The molecule has 3 aliphatic rings. The van der Waals surface area contributed by atoms with Gasteiger partial charge in [0.05, 0.1) is 0 Å². The monoisotopic (exact) mass is 284 g/mol. The molecule has 3 unspecified atom stereocenters. The Morgan fingerprint density at radius 3 is 2.33 bits per heavy atom. The minimum atomic E-state index is 0.354. The highest BCUT2D eigenvalue weighted by Gasteiger charge is 2.44. The van der Waals surface area contributed by atoms with Crippen molar-refractivity contribution in [1.82, 2.24) is 4.90 Å². The van der Waals surface area contributed by atoms with Crippen LogP contribution in [0.4, 0.5) is 5.69 Å². The average Bonchev–Trinajstić information content (AvgIpc) is 3.18. The fourth-order valence-corrected chi connectivity index (χ4v) is 4.61. The molecule has 21 heavy (non-hydrogen) atoms. The highest BCUT2D eigenvalue weighted by Crippen LogP contribution is 2.48. The first-order valence-electron chi connectivity index (χ1n) is 8.40. The Morgan fingerprint density at radius 1 is 0.952 bits per heavy atom. The van der Waals surface area contributed by atoms with Crippen molar-refractivity contribution in [2.45, 2.75) is 25.7 Å². The smallest absolute Gasteiger partial charge is 0.226 e. The molecule has 0 N–H and O–H groups in total. The van der Waals surface area contributed by atoms with Gasteiger partial charge in [-0.25, -0.2) is 0 Å². The lowest BCUT2D eigenvalue weighted by Crippen LogP contribution is -2.51. The summed E-state index contributed by atoms with van der Waals surface area (Å²) in [5.41, 5.74) is 1.28. The number of para-hydroxylation sites is 1. The molecule has 1 amide bonds. The van der Waals surface area contributed by atoms with Crippen LogP contribution < -0.4 is 4.90 Å². The third kappa shape index (κ3) is 2.43. The van der Waals surface area contributed by atoms with Gasteiger partial charge in [0.25, 0.3) is 0 Å². The molecule has 1 heterocycles. The second kappa shape index (κ2) is 5.36. The fourth-order valence-electron chi connectivity index (χ4n) is 4.61. The van der Waals surface area contributed by atoms with E-state index in [9.17, 15) is 4.79 Å². The minimum absolute atomic E-state index is 0.354. The minimum Gasteiger partial charge on any atom is -0.368 e. The van der Waals surface area contributed by atoms with E-state index in [2.05, 4.69) is 40.1 Å². The van der Waals surface area contributed by atoms with Gasteiger partial charge in [-0.05, 0) is 43.2 Å². The van der Waals surface area contributed by atoms with E-state index in [0.29, 0.717) is 17.7 Å². The second-order valence-electron chi connectivity index (χ2n) is 6.93. The zero-order valence-corrected chi connectivity index (χ0v) is 12.6. The zero-order valence-electron chi connectivity index (χ0n) is 12.6. The molecular formula is C18H24N2O. The number of hydrogen-bond donors (Lipinski definition) is 0. The summed E-state index contributed by atoms with van der Waals surface area (Å²) in [6.07, 6.45) is 5.16. The van der Waals surface area contributed by atoms with Crippen molar-refractivity contribution < 1.29 is 4.79 Å². The largest absolute Gasteiger partial charge is 0.368 e. The molecule has 1 saturated heterocycles. The van der Waals surface area contributed by atoms with E-state index >= 15 is 0 Å². The number of nitrogens with zero attached hydrogens (tertiary/aromatic N) is 2. The number of carbonyl (C=O) groups is 1. The molecule has 3 fully saturated rings. The van der Waals surface area contributed by atoms with Crippen molar-refractivity contribution >= 4 is 11.6 Å². The standard InChI is InChI=1S/C18H24N2O/c21-18(17-13-14-6-7-15(17)12-14)20-10-8-19(9-11-20)16-4-2-1-3-5-16/h1-5,14-15,17H,6-13H2. The van der Waals surface area contributed by atoms with Crippen molar-refractivity contribution in [2.75, 3.05) is 31.1 Å². The van der Waals surface area contributed by atoms with Gasteiger partial charge in [-0.15, -0.1) is 0 Å². The predicted octanol–water partition coefficient (Wildman–Crippen LogP) is 2.77. The molecule has 0 radical (unpaired) electrons. The van der Waals surface area contributed by atoms with E-state index in [-0.39, 0.29) is 0 Å². The van der Waals surface area contributed by atoms with Crippen LogP contribution in [0.1, 0.15) is 25.7 Å². The number of hydrogen-bond acceptors (Lipinski definition) is 2. The molecule has 2 saturated carbocycles. The average molecular weight is 284 g/mol. The van der Waals surface area contributed by atoms with E-state index in [4.69, 9.17) is 0 Å². The second-order valence-corrected chi connectivity index (χ2v) is 6.93. The van der Waals surface area contributed by atoms with Gasteiger partial charge in [0.1, 0.15) is 0 Å². The van der Waals surface area contributed by atoms with Crippen LogP contribution in [0.2, 0.25) is 0 Å². The summed E-state index contributed by atoms with van der Waals surface area (Å²) >= 11 is 0. The van der Waals surface area contributed by atoms with Gasteiger partial charge >= 0.3 is 0 Å². The van der Waals surface area contributed by atoms with Gasteiger partial charge in [0, 0.05) is 37.8 Å². The van der Waals surface area contributed by atoms with Crippen LogP contribution in [0.25, 0.3) is 0 Å². The quantitative estimate of drug-likeness (QED) is 0.834. The van der Waals surface area contributed by atoms with Gasteiger partial charge in [-0.2, -0.15) is 0 Å². The summed E-state index contributed by atoms with van der Waals surface area (Å²) in [6, 6.07) is 10.5. The Hall–Kier alpha value is -1.51. The molecule has 3 heteroatoms. The Labute approximate surface area is 126 Å². The number of rotatable bonds is 2. The number of amides is 1. The van der Waals surface area contributed by atoms with Gasteiger partial charge < -0.3 is 9.80 Å². The molecule has 1 aromatic rings. The molecular weight excluding hydrogens is 260 g/mol. The number of piperazine rings is 1. The Bertz CT molecular complexity index is 507. The van der Waals surface area contributed by atoms with Gasteiger partial charge in [0.15, 0.2) is 0 Å². The van der Waals surface area contributed by atoms with Crippen molar-refractivity contribution in [3.8, 4) is 0 Å². The molecule has 2 bridgehead atoms. The molecule has 2 aliphatic carbocycles. The van der Waals surface area contributed by atoms with E-state index in [1.807, 2.05) is 0 Å². The van der Waals surface area contributed by atoms with Crippen molar-refractivity contribution in [2.24, 2.45) is 17.8 Å². The van der Waals surface area contributed by atoms with Crippen LogP contribution in [0, 0.1) is 17.8 Å². The first-order valence-corrected chi connectivity index (χ1v) is 8.40. The molecule has 0 spiro atoms. The molecule has 4 rings (SSSR count). The number of fused-ring (bicyclic) bond motifs is 2. The van der Waals surface area contributed by atoms with Crippen LogP contribution in [-0.2, 0) is 4.79 Å². The van der Waals surface area contributed by atoms with Crippen molar-refractivity contribution in [3.05, 3.63) is 30.3 Å². The van der Waals surface area contributed by atoms with Crippen LogP contribution in [0.15, 0.2) is 30.3 Å². The number of benzene rings is 1. The molecule has 0 aromatic heterocycles. The summed E-state index contributed by atoms with van der Waals surface area (Å²) in [5, 5.41) is 0. The topological polar surface area (TPSA) is 23.6 Å². The lowest BCUT2D eigenvalue weighted by Gasteiger charge is -2.38. The van der Waals surface area contributed by atoms with Crippen molar-refractivity contribution in [1.29, 1.82) is 0 Å². The third-order valence-electron chi connectivity index (χ3n) is 5.77. The van der Waals surface area contributed by atoms with E-state index in [1.54, 1.807) is 0 Å². The van der Waals surface area contributed by atoms with Crippen LogP contribution in [-0.4, -0.2) is 37.0 Å². The maximum Gasteiger partial charge on any atom is 0.226 e. The van der Waals surface area contributed by atoms with Gasteiger partial charge in [-0.1, -0.05) is 24.6 Å². The van der Waals surface area contributed by atoms with Gasteiger partial charge in [0.2, 0.25) is 5.91 Å². The van der Waals surface area contributed by atoms with Crippen LogP contribution in [0.5, 0.6) is 0 Å². The van der Waals surface area contributed by atoms with Crippen molar-refractivity contribution in [3.63, 3.8) is 0 Å².